The Balaban J connectivity index is 2.08. The Labute approximate surface area is 124 Å². The summed E-state index contributed by atoms with van der Waals surface area (Å²) in [6, 6.07) is 11.1. The second-order valence-corrected chi connectivity index (χ2v) is 4.82. The van der Waals surface area contributed by atoms with E-state index in [9.17, 15) is 0 Å². The van der Waals surface area contributed by atoms with Crippen molar-refractivity contribution < 1.29 is 4.74 Å². The molecular formula is C14H10BrClN2O. The Morgan fingerprint density at radius 2 is 2.11 bits per heavy atom. The molecule has 0 bridgehead atoms. The third kappa shape index (κ3) is 3.69. The van der Waals surface area contributed by atoms with Crippen LogP contribution >= 0.6 is 27.5 Å². The lowest BCUT2D eigenvalue weighted by Crippen LogP contribution is -1.97. The van der Waals surface area contributed by atoms with Crippen molar-refractivity contribution in [3.8, 4) is 11.8 Å². The number of pyridine rings is 1. The first-order valence-electron chi connectivity index (χ1n) is 5.55. The topological polar surface area (TPSA) is 45.9 Å². The van der Waals surface area contributed by atoms with Crippen molar-refractivity contribution in [1.29, 1.82) is 5.26 Å². The molecule has 5 heteroatoms. The molecule has 96 valence electrons. The lowest BCUT2D eigenvalue weighted by Gasteiger charge is -2.09. The first-order chi connectivity index (χ1) is 9.22. The molecule has 3 nitrogen and oxygen atoms in total. The number of hydrogen-bond acceptors (Lipinski definition) is 3. The van der Waals surface area contributed by atoms with Crippen LogP contribution in [0.4, 0.5) is 0 Å². The number of nitriles is 1. The molecule has 1 aromatic heterocycles. The predicted molar refractivity (Wildman–Crippen MR) is 77.4 cm³/mol. The highest BCUT2D eigenvalue weighted by Gasteiger charge is 2.04. The van der Waals surface area contributed by atoms with E-state index in [1.54, 1.807) is 12.3 Å². The molecule has 0 aliphatic heterocycles. The van der Waals surface area contributed by atoms with Gasteiger partial charge in [0.15, 0.2) is 0 Å². The molecule has 2 rings (SSSR count). The number of ether oxygens (including phenoxy) is 1. The highest BCUT2D eigenvalue weighted by molar-refractivity contribution is 9.08. The van der Waals surface area contributed by atoms with E-state index in [0.717, 1.165) is 16.5 Å². The number of nitrogens with zero attached hydrogens (tertiary/aromatic N) is 2. The molecule has 0 unspecified atom stereocenters. The molecule has 0 spiro atoms. The van der Waals surface area contributed by atoms with Gasteiger partial charge in [-0.1, -0.05) is 33.6 Å². The van der Waals surface area contributed by atoms with E-state index in [1.165, 1.54) is 0 Å². The Kier molecular flexibility index (Phi) is 4.78. The first-order valence-corrected chi connectivity index (χ1v) is 7.05. The molecule has 0 atom stereocenters. The standard InChI is InChI=1S/C14H10BrClN2O/c15-7-10-1-2-14(13(16)6-10)19-9-11-3-4-18-12(5-11)8-17/h1-6H,7,9H2. The van der Waals surface area contributed by atoms with Crippen molar-refractivity contribution in [3.63, 3.8) is 0 Å². The summed E-state index contributed by atoms with van der Waals surface area (Å²) in [5, 5.41) is 10.1. The molecule has 0 saturated heterocycles. The minimum atomic E-state index is 0.352. The van der Waals surface area contributed by atoms with Crippen LogP contribution in [0.2, 0.25) is 5.02 Å². The van der Waals surface area contributed by atoms with Gasteiger partial charge in [0.1, 0.15) is 24.1 Å². The van der Waals surface area contributed by atoms with E-state index in [2.05, 4.69) is 20.9 Å². The predicted octanol–water partition coefficient (Wildman–Crippen LogP) is 4.08. The van der Waals surface area contributed by atoms with Crippen molar-refractivity contribution in [2.45, 2.75) is 11.9 Å². The van der Waals surface area contributed by atoms with E-state index in [-0.39, 0.29) is 0 Å². The normalized spacial score (nSPS) is 9.95. The maximum Gasteiger partial charge on any atom is 0.140 e. The van der Waals surface area contributed by atoms with Gasteiger partial charge in [-0.15, -0.1) is 0 Å². The van der Waals surface area contributed by atoms with Crippen LogP contribution in [-0.4, -0.2) is 4.98 Å². The van der Waals surface area contributed by atoms with Crippen molar-refractivity contribution in [2.75, 3.05) is 0 Å². The van der Waals surface area contributed by atoms with Gasteiger partial charge in [0.05, 0.1) is 5.02 Å². The van der Waals surface area contributed by atoms with E-state index in [4.69, 9.17) is 21.6 Å². The van der Waals surface area contributed by atoms with Crippen LogP contribution in [0.25, 0.3) is 0 Å². The largest absolute Gasteiger partial charge is 0.487 e. The zero-order chi connectivity index (χ0) is 13.7. The number of alkyl halides is 1. The van der Waals surface area contributed by atoms with Crippen LogP contribution in [0, 0.1) is 11.3 Å². The van der Waals surface area contributed by atoms with Crippen LogP contribution in [0.5, 0.6) is 5.75 Å². The SMILES string of the molecule is N#Cc1cc(COc2ccc(CBr)cc2Cl)ccn1. The van der Waals surface area contributed by atoms with Crippen molar-refractivity contribution in [3.05, 3.63) is 58.4 Å². The highest BCUT2D eigenvalue weighted by atomic mass is 79.9. The quantitative estimate of drug-likeness (QED) is 0.790. The van der Waals surface area contributed by atoms with Crippen LogP contribution in [0.1, 0.15) is 16.8 Å². The van der Waals surface area contributed by atoms with Crippen LogP contribution in [0.15, 0.2) is 36.5 Å². The van der Waals surface area contributed by atoms with Gasteiger partial charge in [0.2, 0.25) is 0 Å². The number of aromatic nitrogens is 1. The van der Waals surface area contributed by atoms with Crippen molar-refractivity contribution in [1.82, 2.24) is 4.98 Å². The summed E-state index contributed by atoms with van der Waals surface area (Å²) < 4.78 is 5.64. The third-order valence-corrected chi connectivity index (χ3v) is 3.43. The molecule has 0 fully saturated rings. The Bertz CT molecular complexity index is 625. The number of hydrogen-bond donors (Lipinski definition) is 0. The zero-order valence-corrected chi connectivity index (χ0v) is 12.3. The highest BCUT2D eigenvalue weighted by Crippen LogP contribution is 2.27. The number of rotatable bonds is 4. The van der Waals surface area contributed by atoms with Crippen LogP contribution < -0.4 is 4.74 Å². The fraction of sp³-hybridized carbons (Fsp3) is 0.143. The fourth-order valence-corrected chi connectivity index (χ4v) is 2.14. The van der Waals surface area contributed by atoms with Gasteiger partial charge in [0, 0.05) is 11.5 Å². The van der Waals surface area contributed by atoms with Crippen LogP contribution in [0.3, 0.4) is 0 Å². The summed E-state index contributed by atoms with van der Waals surface area (Å²) >= 11 is 9.49. The molecule has 0 aliphatic rings. The average molecular weight is 338 g/mol. The molecule has 0 saturated carbocycles. The second kappa shape index (κ2) is 6.55. The smallest absolute Gasteiger partial charge is 0.140 e. The molecule has 19 heavy (non-hydrogen) atoms. The van der Waals surface area contributed by atoms with E-state index < -0.39 is 0 Å². The molecule has 2 aromatic rings. The lowest BCUT2D eigenvalue weighted by molar-refractivity contribution is 0.306. The van der Waals surface area contributed by atoms with Gasteiger partial charge < -0.3 is 4.74 Å². The monoisotopic (exact) mass is 336 g/mol. The Morgan fingerprint density at radius 1 is 1.26 bits per heavy atom. The maximum atomic E-state index is 8.77. The summed E-state index contributed by atoms with van der Waals surface area (Å²) in [5.41, 5.74) is 2.35. The van der Waals surface area contributed by atoms with E-state index >= 15 is 0 Å². The summed E-state index contributed by atoms with van der Waals surface area (Å²) in [5.74, 6) is 0.627. The number of benzene rings is 1. The fourth-order valence-electron chi connectivity index (χ4n) is 1.53. The van der Waals surface area contributed by atoms with Crippen molar-refractivity contribution in [2.24, 2.45) is 0 Å². The summed E-state index contributed by atoms with van der Waals surface area (Å²) in [6.07, 6.45) is 1.59. The molecule has 0 radical (unpaired) electrons. The molecule has 1 heterocycles. The van der Waals surface area contributed by atoms with Crippen molar-refractivity contribution >= 4 is 27.5 Å². The second-order valence-electron chi connectivity index (χ2n) is 3.85. The molecule has 0 N–H and O–H groups in total. The molecule has 0 amide bonds. The minimum Gasteiger partial charge on any atom is -0.487 e. The third-order valence-electron chi connectivity index (χ3n) is 2.48. The Hall–Kier alpha value is -1.57. The van der Waals surface area contributed by atoms with Gasteiger partial charge in [-0.25, -0.2) is 4.98 Å². The molecule has 1 aromatic carbocycles. The first kappa shape index (κ1) is 13.9. The van der Waals surface area contributed by atoms with Gasteiger partial charge in [-0.05, 0) is 35.4 Å². The van der Waals surface area contributed by atoms with Gasteiger partial charge in [-0.2, -0.15) is 5.26 Å². The van der Waals surface area contributed by atoms with Gasteiger partial charge in [0.25, 0.3) is 0 Å². The lowest BCUT2D eigenvalue weighted by atomic mass is 10.2. The van der Waals surface area contributed by atoms with Gasteiger partial charge >= 0.3 is 0 Å². The van der Waals surface area contributed by atoms with E-state index in [1.807, 2.05) is 30.3 Å². The zero-order valence-electron chi connectivity index (χ0n) is 9.94. The molecule has 0 aliphatic carbocycles. The molecular weight excluding hydrogens is 328 g/mol. The average Bonchev–Trinajstić information content (AvgIpc) is 2.46. The Morgan fingerprint density at radius 3 is 2.79 bits per heavy atom. The van der Waals surface area contributed by atoms with E-state index in [0.29, 0.717) is 23.1 Å². The maximum absolute atomic E-state index is 8.77. The number of halogens is 2. The van der Waals surface area contributed by atoms with Crippen LogP contribution in [-0.2, 0) is 11.9 Å². The minimum absolute atomic E-state index is 0.352. The van der Waals surface area contributed by atoms with Gasteiger partial charge in [-0.3, -0.25) is 0 Å². The summed E-state index contributed by atoms with van der Waals surface area (Å²) in [6.45, 7) is 0.352. The summed E-state index contributed by atoms with van der Waals surface area (Å²) in [4.78, 5) is 3.91. The summed E-state index contributed by atoms with van der Waals surface area (Å²) in [7, 11) is 0.